The van der Waals surface area contributed by atoms with Crippen LogP contribution in [0, 0.1) is 0 Å². The molecule has 0 saturated heterocycles. The average molecular weight is 321 g/mol. The van der Waals surface area contributed by atoms with Crippen molar-refractivity contribution >= 4 is 21.8 Å². The summed E-state index contributed by atoms with van der Waals surface area (Å²) in [4.78, 5) is 0. The molecule has 2 aliphatic rings. The fourth-order valence-corrected chi connectivity index (χ4v) is 5.50. The monoisotopic (exact) mass is 320 g/mol. The van der Waals surface area contributed by atoms with Gasteiger partial charge in [-0.15, -0.1) is 0 Å². The minimum absolute atomic E-state index is 0.162. The Labute approximate surface area is 127 Å². The van der Waals surface area contributed by atoms with Gasteiger partial charge in [0.05, 0.1) is 5.75 Å². The highest BCUT2D eigenvalue weighted by Gasteiger charge is 2.30. The zero-order valence-corrected chi connectivity index (χ0v) is 14.1. The van der Waals surface area contributed by atoms with Crippen molar-refractivity contribution in [3.8, 4) is 0 Å². The summed E-state index contributed by atoms with van der Waals surface area (Å²) in [5, 5.41) is 3.90. The summed E-state index contributed by atoms with van der Waals surface area (Å²) >= 11 is 1.89. The zero-order valence-electron chi connectivity index (χ0n) is 12.4. The molecule has 0 radical (unpaired) electrons. The first-order chi connectivity index (χ1) is 9.61. The van der Waals surface area contributed by atoms with Crippen LogP contribution in [0.4, 0.5) is 0 Å². The SMILES string of the molecule is CCSC1CCCC1NS(=O)(=O)CCCCNC1CC1. The van der Waals surface area contributed by atoms with Gasteiger partial charge in [0, 0.05) is 17.3 Å². The van der Waals surface area contributed by atoms with Gasteiger partial charge in [0.1, 0.15) is 0 Å². The number of rotatable bonds is 10. The van der Waals surface area contributed by atoms with Crippen LogP contribution in [0.25, 0.3) is 0 Å². The Morgan fingerprint density at radius 3 is 2.65 bits per heavy atom. The first-order valence-corrected chi connectivity index (χ1v) is 10.7. The molecule has 2 N–H and O–H groups in total. The Hall–Kier alpha value is 0.220. The summed E-state index contributed by atoms with van der Waals surface area (Å²) in [5.74, 6) is 1.34. The van der Waals surface area contributed by atoms with E-state index in [1.165, 1.54) is 12.8 Å². The summed E-state index contributed by atoms with van der Waals surface area (Å²) in [6.07, 6.45) is 7.59. The van der Waals surface area contributed by atoms with Crippen molar-refractivity contribution in [2.75, 3.05) is 18.1 Å². The lowest BCUT2D eigenvalue weighted by molar-refractivity contribution is 0.549. The normalized spacial score (nSPS) is 27.1. The molecule has 2 aliphatic carbocycles. The maximum Gasteiger partial charge on any atom is 0.211 e. The van der Waals surface area contributed by atoms with Crippen LogP contribution in [0.15, 0.2) is 0 Å². The van der Waals surface area contributed by atoms with E-state index < -0.39 is 10.0 Å². The zero-order chi connectivity index (χ0) is 14.4. The second kappa shape index (κ2) is 8.01. The number of hydrogen-bond donors (Lipinski definition) is 2. The maximum absolute atomic E-state index is 12.1. The van der Waals surface area contributed by atoms with Crippen molar-refractivity contribution in [1.29, 1.82) is 0 Å². The van der Waals surface area contributed by atoms with Crippen LogP contribution >= 0.6 is 11.8 Å². The molecule has 0 spiro atoms. The molecule has 20 heavy (non-hydrogen) atoms. The molecule has 0 aromatic heterocycles. The van der Waals surface area contributed by atoms with Crippen LogP contribution in [0.1, 0.15) is 51.9 Å². The predicted octanol–water partition coefficient (Wildman–Crippen LogP) is 2.11. The summed E-state index contributed by atoms with van der Waals surface area (Å²) in [6, 6.07) is 0.879. The van der Waals surface area contributed by atoms with Gasteiger partial charge in [0.15, 0.2) is 0 Å². The summed E-state index contributed by atoms with van der Waals surface area (Å²) in [6.45, 7) is 3.10. The number of hydrogen-bond acceptors (Lipinski definition) is 4. The van der Waals surface area contributed by atoms with Crippen LogP contribution in [0.2, 0.25) is 0 Å². The summed E-state index contributed by atoms with van der Waals surface area (Å²) in [7, 11) is -3.09. The van der Waals surface area contributed by atoms with Gasteiger partial charge in [-0.05, 0) is 50.8 Å². The van der Waals surface area contributed by atoms with Gasteiger partial charge in [-0.1, -0.05) is 13.3 Å². The molecule has 0 aromatic carbocycles. The van der Waals surface area contributed by atoms with Gasteiger partial charge in [0.25, 0.3) is 0 Å². The van der Waals surface area contributed by atoms with Crippen LogP contribution in [-0.2, 0) is 10.0 Å². The molecule has 118 valence electrons. The average Bonchev–Trinajstić information content (AvgIpc) is 3.12. The number of sulfonamides is 1. The van der Waals surface area contributed by atoms with Crippen LogP contribution in [0.5, 0.6) is 0 Å². The van der Waals surface area contributed by atoms with Crippen molar-refractivity contribution in [3.05, 3.63) is 0 Å². The van der Waals surface area contributed by atoms with E-state index in [1.807, 2.05) is 11.8 Å². The van der Waals surface area contributed by atoms with Crippen molar-refractivity contribution < 1.29 is 8.42 Å². The molecule has 6 heteroatoms. The van der Waals surface area contributed by atoms with E-state index in [0.717, 1.165) is 50.4 Å². The minimum Gasteiger partial charge on any atom is -0.314 e. The molecule has 0 amide bonds. The molecule has 0 heterocycles. The molecule has 0 aromatic rings. The van der Waals surface area contributed by atoms with Gasteiger partial charge < -0.3 is 5.32 Å². The van der Waals surface area contributed by atoms with E-state index in [0.29, 0.717) is 5.25 Å². The molecule has 4 nitrogen and oxygen atoms in total. The number of unbranched alkanes of at least 4 members (excludes halogenated alkanes) is 1. The molecule has 0 bridgehead atoms. The fraction of sp³-hybridized carbons (Fsp3) is 1.00. The van der Waals surface area contributed by atoms with Gasteiger partial charge in [-0.3, -0.25) is 0 Å². The van der Waals surface area contributed by atoms with Crippen molar-refractivity contribution in [1.82, 2.24) is 10.0 Å². The highest BCUT2D eigenvalue weighted by molar-refractivity contribution is 8.00. The third kappa shape index (κ3) is 5.92. The second-order valence-electron chi connectivity index (χ2n) is 5.90. The molecule has 2 atom stereocenters. The Bertz CT molecular complexity index is 383. The lowest BCUT2D eigenvalue weighted by Crippen LogP contribution is -2.40. The predicted molar refractivity (Wildman–Crippen MR) is 86.7 cm³/mol. The Kier molecular flexibility index (Phi) is 6.65. The Balaban J connectivity index is 1.64. The lowest BCUT2D eigenvalue weighted by Gasteiger charge is -2.20. The van der Waals surface area contributed by atoms with E-state index in [4.69, 9.17) is 0 Å². The van der Waals surface area contributed by atoms with E-state index >= 15 is 0 Å². The van der Waals surface area contributed by atoms with Gasteiger partial charge in [-0.2, -0.15) is 11.8 Å². The lowest BCUT2D eigenvalue weighted by atomic mass is 10.3. The van der Waals surface area contributed by atoms with Crippen LogP contribution < -0.4 is 10.0 Å². The van der Waals surface area contributed by atoms with Gasteiger partial charge in [-0.25, -0.2) is 13.1 Å². The molecular weight excluding hydrogens is 292 g/mol. The maximum atomic E-state index is 12.1. The highest BCUT2D eigenvalue weighted by atomic mass is 32.2. The fourth-order valence-electron chi connectivity index (χ4n) is 2.77. The topological polar surface area (TPSA) is 58.2 Å². The largest absolute Gasteiger partial charge is 0.314 e. The number of thioether (sulfide) groups is 1. The first-order valence-electron chi connectivity index (χ1n) is 7.95. The second-order valence-corrected chi connectivity index (χ2v) is 9.29. The van der Waals surface area contributed by atoms with Crippen LogP contribution in [-0.4, -0.2) is 43.8 Å². The molecule has 2 saturated carbocycles. The van der Waals surface area contributed by atoms with E-state index in [9.17, 15) is 8.42 Å². The minimum atomic E-state index is -3.09. The molecular formula is C14H28N2O2S2. The number of nitrogens with one attached hydrogen (secondary N) is 2. The smallest absolute Gasteiger partial charge is 0.211 e. The first kappa shape index (κ1) is 16.6. The van der Waals surface area contributed by atoms with Crippen molar-refractivity contribution in [3.63, 3.8) is 0 Å². The summed E-state index contributed by atoms with van der Waals surface area (Å²) < 4.78 is 27.1. The van der Waals surface area contributed by atoms with E-state index in [2.05, 4.69) is 17.0 Å². The van der Waals surface area contributed by atoms with Gasteiger partial charge in [0.2, 0.25) is 10.0 Å². The van der Waals surface area contributed by atoms with Gasteiger partial charge >= 0.3 is 0 Å². The Morgan fingerprint density at radius 1 is 1.15 bits per heavy atom. The van der Waals surface area contributed by atoms with Crippen LogP contribution in [0.3, 0.4) is 0 Å². The molecule has 2 fully saturated rings. The van der Waals surface area contributed by atoms with Crippen molar-refractivity contribution in [2.45, 2.75) is 69.2 Å². The third-order valence-corrected chi connectivity index (χ3v) is 6.83. The molecule has 2 rings (SSSR count). The Morgan fingerprint density at radius 2 is 1.95 bits per heavy atom. The molecule has 0 aliphatic heterocycles. The van der Waals surface area contributed by atoms with E-state index in [-0.39, 0.29) is 11.8 Å². The standard InChI is InChI=1S/C14H28N2O2S2/c1-2-19-14-7-5-6-13(14)16-20(17,18)11-4-3-10-15-12-8-9-12/h12-16H,2-11H2,1H3. The highest BCUT2D eigenvalue weighted by Crippen LogP contribution is 2.30. The third-order valence-electron chi connectivity index (χ3n) is 4.01. The van der Waals surface area contributed by atoms with Crippen molar-refractivity contribution in [2.24, 2.45) is 0 Å². The van der Waals surface area contributed by atoms with E-state index in [1.54, 1.807) is 0 Å². The quantitative estimate of drug-likeness (QED) is 0.605. The summed E-state index contributed by atoms with van der Waals surface area (Å²) in [5.41, 5.74) is 0. The molecule has 2 unspecified atom stereocenters.